The number of rotatable bonds is 6. The molecule has 0 aliphatic carbocycles. The quantitative estimate of drug-likeness (QED) is 0.816. The molecule has 0 aliphatic heterocycles. The van der Waals surface area contributed by atoms with E-state index in [1.54, 1.807) is 19.0 Å². The molecule has 2 aromatic rings. The zero-order valence-corrected chi connectivity index (χ0v) is 12.9. The van der Waals surface area contributed by atoms with E-state index in [2.05, 4.69) is 18.2 Å². The van der Waals surface area contributed by atoms with E-state index in [1.807, 2.05) is 36.2 Å². The predicted molar refractivity (Wildman–Crippen MR) is 85.6 cm³/mol. The fourth-order valence-corrected chi connectivity index (χ4v) is 2.08. The summed E-state index contributed by atoms with van der Waals surface area (Å²) in [7, 11) is 5.46. The molecule has 21 heavy (non-hydrogen) atoms. The third-order valence-electron chi connectivity index (χ3n) is 3.38. The van der Waals surface area contributed by atoms with Crippen LogP contribution >= 0.6 is 0 Å². The largest absolute Gasteiger partial charge is 0.492 e. The average Bonchev–Trinajstić information content (AvgIpc) is 2.47. The summed E-state index contributed by atoms with van der Waals surface area (Å²) in [6.45, 7) is 1.68. The molecule has 0 aliphatic rings. The molecule has 4 heteroatoms. The van der Waals surface area contributed by atoms with Gasteiger partial charge in [-0.1, -0.05) is 36.4 Å². The van der Waals surface area contributed by atoms with E-state index < -0.39 is 0 Å². The van der Waals surface area contributed by atoms with Crippen LogP contribution in [0.3, 0.4) is 0 Å². The van der Waals surface area contributed by atoms with Crippen molar-refractivity contribution in [2.24, 2.45) is 0 Å². The van der Waals surface area contributed by atoms with Gasteiger partial charge in [0, 0.05) is 26.0 Å². The van der Waals surface area contributed by atoms with Gasteiger partial charge < -0.3 is 9.64 Å². The number of benzene rings is 2. The number of amides is 1. The van der Waals surface area contributed by atoms with Crippen LogP contribution in [0.15, 0.2) is 42.5 Å². The molecule has 0 spiro atoms. The van der Waals surface area contributed by atoms with Gasteiger partial charge in [-0.3, -0.25) is 9.69 Å². The standard InChI is InChI=1S/C17H22N2O2/c1-18(2)17(20)13-19(3)11-12-21-16-10-6-8-14-7-4-5-9-15(14)16/h4-10H,11-13H2,1-3H3. The molecule has 0 heterocycles. The van der Waals surface area contributed by atoms with E-state index in [4.69, 9.17) is 4.74 Å². The average molecular weight is 286 g/mol. The van der Waals surface area contributed by atoms with Crippen LogP contribution in [0.2, 0.25) is 0 Å². The number of ether oxygens (including phenoxy) is 1. The lowest BCUT2D eigenvalue weighted by molar-refractivity contribution is -0.129. The van der Waals surface area contributed by atoms with Crippen molar-refractivity contribution < 1.29 is 9.53 Å². The monoisotopic (exact) mass is 286 g/mol. The van der Waals surface area contributed by atoms with Gasteiger partial charge in [0.25, 0.3) is 0 Å². The Morgan fingerprint density at radius 2 is 1.76 bits per heavy atom. The summed E-state index contributed by atoms with van der Waals surface area (Å²) in [6.07, 6.45) is 0. The van der Waals surface area contributed by atoms with Crippen LogP contribution in [0.25, 0.3) is 10.8 Å². The molecule has 0 N–H and O–H groups in total. The molecule has 0 saturated carbocycles. The maximum absolute atomic E-state index is 11.6. The Morgan fingerprint density at radius 1 is 1.05 bits per heavy atom. The zero-order valence-electron chi connectivity index (χ0n) is 12.9. The number of nitrogens with zero attached hydrogens (tertiary/aromatic N) is 2. The highest BCUT2D eigenvalue weighted by Crippen LogP contribution is 2.24. The highest BCUT2D eigenvalue weighted by atomic mass is 16.5. The molecule has 0 aromatic heterocycles. The van der Waals surface area contributed by atoms with E-state index in [9.17, 15) is 4.79 Å². The van der Waals surface area contributed by atoms with Gasteiger partial charge in [-0.15, -0.1) is 0 Å². The molecule has 1 amide bonds. The third kappa shape index (κ3) is 4.20. The smallest absolute Gasteiger partial charge is 0.236 e. The van der Waals surface area contributed by atoms with Crippen LogP contribution in [0.5, 0.6) is 5.75 Å². The second-order valence-corrected chi connectivity index (χ2v) is 5.35. The molecule has 0 unspecified atom stereocenters. The number of carbonyl (C=O) groups is 1. The van der Waals surface area contributed by atoms with E-state index in [0.717, 1.165) is 11.1 Å². The second kappa shape index (κ2) is 7.09. The first-order chi connectivity index (χ1) is 10.1. The van der Waals surface area contributed by atoms with Gasteiger partial charge in [-0.2, -0.15) is 0 Å². The van der Waals surface area contributed by atoms with Gasteiger partial charge in [-0.05, 0) is 18.5 Å². The number of hydrogen-bond acceptors (Lipinski definition) is 3. The zero-order chi connectivity index (χ0) is 15.2. The normalized spacial score (nSPS) is 10.9. The molecular formula is C17H22N2O2. The number of hydrogen-bond donors (Lipinski definition) is 0. The van der Waals surface area contributed by atoms with Crippen LogP contribution in [0, 0.1) is 0 Å². The highest BCUT2D eigenvalue weighted by molar-refractivity contribution is 5.88. The van der Waals surface area contributed by atoms with Crippen molar-refractivity contribution in [3.8, 4) is 5.75 Å². The minimum Gasteiger partial charge on any atom is -0.492 e. The van der Waals surface area contributed by atoms with E-state index in [1.165, 1.54) is 5.39 Å². The summed E-state index contributed by atoms with van der Waals surface area (Å²) < 4.78 is 5.87. The lowest BCUT2D eigenvalue weighted by Crippen LogP contribution is -2.36. The number of likely N-dealkylation sites (N-methyl/N-ethyl adjacent to an activating group) is 2. The fraction of sp³-hybridized carbons (Fsp3) is 0.353. The Balaban J connectivity index is 1.89. The third-order valence-corrected chi connectivity index (χ3v) is 3.38. The van der Waals surface area contributed by atoms with Gasteiger partial charge in [0.1, 0.15) is 12.4 Å². The molecular weight excluding hydrogens is 264 g/mol. The minimum atomic E-state index is 0.0997. The summed E-state index contributed by atoms with van der Waals surface area (Å²) in [6, 6.07) is 14.2. The molecule has 0 fully saturated rings. The molecule has 0 saturated heterocycles. The Bertz CT molecular complexity index is 605. The number of carbonyl (C=O) groups excluding carboxylic acids is 1. The fourth-order valence-electron chi connectivity index (χ4n) is 2.08. The first kappa shape index (κ1) is 15.3. The van der Waals surface area contributed by atoms with Gasteiger partial charge in [0.05, 0.1) is 6.54 Å². The van der Waals surface area contributed by atoms with Crippen LogP contribution < -0.4 is 4.74 Å². The van der Waals surface area contributed by atoms with Gasteiger partial charge in [0.15, 0.2) is 0 Å². The van der Waals surface area contributed by atoms with Crippen LogP contribution in [0.1, 0.15) is 0 Å². The Morgan fingerprint density at radius 3 is 2.52 bits per heavy atom. The summed E-state index contributed by atoms with van der Waals surface area (Å²) >= 11 is 0. The van der Waals surface area contributed by atoms with E-state index >= 15 is 0 Å². The van der Waals surface area contributed by atoms with Crippen molar-refractivity contribution in [3.05, 3.63) is 42.5 Å². The second-order valence-electron chi connectivity index (χ2n) is 5.35. The molecule has 4 nitrogen and oxygen atoms in total. The first-order valence-electron chi connectivity index (χ1n) is 7.07. The lowest BCUT2D eigenvalue weighted by Gasteiger charge is -2.19. The summed E-state index contributed by atoms with van der Waals surface area (Å²) in [5, 5.41) is 2.29. The van der Waals surface area contributed by atoms with Crippen molar-refractivity contribution >= 4 is 16.7 Å². The highest BCUT2D eigenvalue weighted by Gasteiger charge is 2.08. The lowest BCUT2D eigenvalue weighted by atomic mass is 10.1. The molecule has 2 rings (SSSR count). The van der Waals surface area contributed by atoms with Crippen molar-refractivity contribution in [3.63, 3.8) is 0 Å². The van der Waals surface area contributed by atoms with Crippen LogP contribution in [-0.4, -0.2) is 56.5 Å². The Hall–Kier alpha value is -2.07. The molecule has 0 radical (unpaired) electrons. The Labute approximate surface area is 125 Å². The van der Waals surface area contributed by atoms with Crippen molar-refractivity contribution in [2.45, 2.75) is 0 Å². The van der Waals surface area contributed by atoms with Gasteiger partial charge in [-0.25, -0.2) is 0 Å². The molecule has 0 bridgehead atoms. The summed E-state index contributed by atoms with van der Waals surface area (Å²) in [4.78, 5) is 15.2. The van der Waals surface area contributed by atoms with Crippen molar-refractivity contribution in [1.82, 2.24) is 9.80 Å². The van der Waals surface area contributed by atoms with Crippen LogP contribution in [0.4, 0.5) is 0 Å². The van der Waals surface area contributed by atoms with E-state index in [-0.39, 0.29) is 5.91 Å². The SMILES string of the molecule is CN(CCOc1cccc2ccccc12)CC(=O)N(C)C. The molecule has 2 aromatic carbocycles. The summed E-state index contributed by atoms with van der Waals surface area (Å²) in [5.41, 5.74) is 0. The number of fused-ring (bicyclic) bond motifs is 1. The summed E-state index contributed by atoms with van der Waals surface area (Å²) in [5.74, 6) is 0.989. The Kier molecular flexibility index (Phi) is 5.17. The molecule has 112 valence electrons. The maximum Gasteiger partial charge on any atom is 0.236 e. The first-order valence-corrected chi connectivity index (χ1v) is 7.07. The predicted octanol–water partition coefficient (Wildman–Crippen LogP) is 2.24. The van der Waals surface area contributed by atoms with Crippen LogP contribution in [-0.2, 0) is 4.79 Å². The van der Waals surface area contributed by atoms with E-state index in [0.29, 0.717) is 19.7 Å². The van der Waals surface area contributed by atoms with Crippen molar-refractivity contribution in [1.29, 1.82) is 0 Å². The maximum atomic E-state index is 11.6. The van der Waals surface area contributed by atoms with Gasteiger partial charge in [0.2, 0.25) is 5.91 Å². The van der Waals surface area contributed by atoms with Gasteiger partial charge >= 0.3 is 0 Å². The topological polar surface area (TPSA) is 32.8 Å². The minimum absolute atomic E-state index is 0.0997. The molecule has 0 atom stereocenters. The van der Waals surface area contributed by atoms with Crippen molar-refractivity contribution in [2.75, 3.05) is 40.8 Å².